The highest BCUT2D eigenvalue weighted by Crippen LogP contribution is 2.15. The zero-order chi connectivity index (χ0) is 12.5. The average molecular weight is 233 g/mol. The van der Waals surface area contributed by atoms with Gasteiger partial charge in [0.15, 0.2) is 0 Å². The van der Waals surface area contributed by atoms with E-state index in [4.69, 9.17) is 4.74 Å². The fraction of sp³-hybridized carbons (Fsp3) is 0.533. The van der Waals surface area contributed by atoms with Crippen LogP contribution < -0.4 is 4.74 Å². The Bertz CT molecular complexity index is 319. The van der Waals surface area contributed by atoms with Crippen LogP contribution in [-0.4, -0.2) is 5.97 Å². The van der Waals surface area contributed by atoms with Crippen LogP contribution in [0.25, 0.3) is 0 Å². The van der Waals surface area contributed by atoms with Gasteiger partial charge in [0.25, 0.3) is 0 Å². The third kappa shape index (κ3) is 5.53. The van der Waals surface area contributed by atoms with E-state index in [0.29, 0.717) is 5.75 Å². The van der Waals surface area contributed by atoms with Crippen molar-refractivity contribution in [3.8, 4) is 5.75 Å². The van der Waals surface area contributed by atoms with Crippen LogP contribution in [0.5, 0.6) is 5.75 Å². The molecule has 2 nitrogen and oxygen atoms in total. The van der Waals surface area contributed by atoms with Gasteiger partial charge in [-0.1, -0.05) is 57.7 Å². The maximum absolute atomic E-state index is 11.7. The van der Waals surface area contributed by atoms with Crippen LogP contribution in [-0.2, 0) is 4.79 Å². The molecule has 0 amide bonds. The van der Waals surface area contributed by atoms with Crippen LogP contribution in [0.4, 0.5) is 0 Å². The fourth-order valence-electron chi connectivity index (χ4n) is 1.64. The molecule has 0 saturated heterocycles. The van der Waals surface area contributed by atoms with Crippen molar-refractivity contribution in [3.63, 3.8) is 0 Å². The van der Waals surface area contributed by atoms with Gasteiger partial charge < -0.3 is 4.74 Å². The molecule has 0 aliphatic heterocycles. The van der Waals surface area contributed by atoms with Gasteiger partial charge in [0.2, 0.25) is 0 Å². The topological polar surface area (TPSA) is 26.3 Å². The number of carbonyl (C=O) groups excluding carboxylic acids is 1. The minimum atomic E-state index is -0.149. The van der Waals surface area contributed by atoms with Crippen molar-refractivity contribution in [1.29, 1.82) is 0 Å². The summed E-state index contributed by atoms with van der Waals surface area (Å²) in [6.45, 7) is 4.11. The molecular formula is C15H21O2. The van der Waals surface area contributed by atoms with Crippen LogP contribution in [0.2, 0.25) is 0 Å². The first-order valence-corrected chi connectivity index (χ1v) is 6.42. The van der Waals surface area contributed by atoms with Gasteiger partial charge in [-0.25, -0.2) is 0 Å². The normalized spacial score (nSPS) is 12.1. The van der Waals surface area contributed by atoms with Gasteiger partial charge in [0, 0.05) is 6.07 Å². The SMILES string of the molecule is CCCCCCC(C)C(=O)Oc1[c]cccc1. The second-order valence-electron chi connectivity index (χ2n) is 4.40. The van der Waals surface area contributed by atoms with Crippen molar-refractivity contribution in [2.75, 3.05) is 0 Å². The van der Waals surface area contributed by atoms with Gasteiger partial charge in [0.05, 0.1) is 5.92 Å². The largest absolute Gasteiger partial charge is 0.426 e. The second-order valence-corrected chi connectivity index (χ2v) is 4.40. The predicted octanol–water partition coefficient (Wildman–Crippen LogP) is 4.00. The van der Waals surface area contributed by atoms with Crippen LogP contribution in [0.1, 0.15) is 46.0 Å². The molecule has 0 aliphatic carbocycles. The molecule has 1 aromatic rings. The van der Waals surface area contributed by atoms with E-state index in [-0.39, 0.29) is 11.9 Å². The van der Waals surface area contributed by atoms with E-state index in [2.05, 4.69) is 13.0 Å². The van der Waals surface area contributed by atoms with Gasteiger partial charge in [-0.2, -0.15) is 0 Å². The summed E-state index contributed by atoms with van der Waals surface area (Å²) in [6, 6.07) is 10.1. The molecule has 0 fully saturated rings. The number of rotatable bonds is 7. The molecule has 17 heavy (non-hydrogen) atoms. The zero-order valence-corrected chi connectivity index (χ0v) is 10.7. The molecule has 0 aliphatic rings. The highest BCUT2D eigenvalue weighted by molar-refractivity contribution is 5.74. The maximum Gasteiger partial charge on any atom is 0.314 e. The summed E-state index contributed by atoms with van der Waals surface area (Å²) < 4.78 is 5.24. The van der Waals surface area contributed by atoms with Crippen molar-refractivity contribution in [3.05, 3.63) is 30.3 Å². The van der Waals surface area contributed by atoms with Gasteiger partial charge in [-0.3, -0.25) is 4.79 Å². The first kappa shape index (κ1) is 13.8. The third-order valence-electron chi connectivity index (χ3n) is 2.78. The molecule has 93 valence electrons. The molecule has 1 aromatic carbocycles. The number of carbonyl (C=O) groups is 1. The van der Waals surface area contributed by atoms with Crippen molar-refractivity contribution in [2.45, 2.75) is 46.0 Å². The molecule has 0 saturated carbocycles. The Morgan fingerprint density at radius 3 is 2.82 bits per heavy atom. The van der Waals surface area contributed by atoms with Gasteiger partial charge in [-0.15, -0.1) is 0 Å². The molecule has 1 radical (unpaired) electrons. The Morgan fingerprint density at radius 1 is 1.35 bits per heavy atom. The molecule has 0 heterocycles. The Hall–Kier alpha value is -1.31. The lowest BCUT2D eigenvalue weighted by Crippen LogP contribution is -2.17. The Balaban J connectivity index is 2.27. The molecule has 1 unspecified atom stereocenters. The predicted molar refractivity (Wildman–Crippen MR) is 68.8 cm³/mol. The van der Waals surface area contributed by atoms with Crippen molar-refractivity contribution in [1.82, 2.24) is 0 Å². The van der Waals surface area contributed by atoms with E-state index >= 15 is 0 Å². The highest BCUT2D eigenvalue weighted by Gasteiger charge is 2.14. The summed E-state index contributed by atoms with van der Waals surface area (Å²) in [7, 11) is 0. The quantitative estimate of drug-likeness (QED) is 0.404. The van der Waals surface area contributed by atoms with Gasteiger partial charge in [-0.05, 0) is 12.5 Å². The zero-order valence-electron chi connectivity index (χ0n) is 10.7. The molecular weight excluding hydrogens is 212 g/mol. The highest BCUT2D eigenvalue weighted by atomic mass is 16.5. The molecule has 1 atom stereocenters. The molecule has 2 heteroatoms. The summed E-state index contributed by atoms with van der Waals surface area (Å²) in [6.07, 6.45) is 5.67. The van der Waals surface area contributed by atoms with Crippen molar-refractivity contribution >= 4 is 5.97 Å². The summed E-state index contributed by atoms with van der Waals surface area (Å²) in [5.41, 5.74) is 0. The first-order chi connectivity index (χ1) is 8.24. The number of benzene rings is 1. The van der Waals surface area contributed by atoms with Crippen molar-refractivity contribution in [2.24, 2.45) is 5.92 Å². The average Bonchev–Trinajstić information content (AvgIpc) is 2.35. The number of unbranched alkanes of at least 4 members (excludes halogenated alkanes) is 3. The summed E-state index contributed by atoms with van der Waals surface area (Å²) in [5.74, 6) is 0.335. The lowest BCUT2D eigenvalue weighted by molar-refractivity contribution is -0.138. The molecule has 0 spiro atoms. The minimum absolute atomic E-state index is 0.0273. The Kier molecular flexibility index (Phi) is 6.38. The second kappa shape index (κ2) is 7.88. The number of esters is 1. The monoisotopic (exact) mass is 233 g/mol. The maximum atomic E-state index is 11.7. The molecule has 0 aromatic heterocycles. The van der Waals surface area contributed by atoms with E-state index in [1.54, 1.807) is 12.1 Å². The standard InChI is InChI=1S/C15H21O2/c1-3-4-5-7-10-13(2)15(16)17-14-11-8-6-9-12-14/h6,8-9,11,13H,3-5,7,10H2,1-2H3. The summed E-state index contributed by atoms with van der Waals surface area (Å²) in [5, 5.41) is 0. The van der Waals surface area contributed by atoms with Crippen LogP contribution in [0, 0.1) is 12.0 Å². The molecule has 0 bridgehead atoms. The lowest BCUT2D eigenvalue weighted by atomic mass is 10.0. The summed E-state index contributed by atoms with van der Waals surface area (Å²) >= 11 is 0. The van der Waals surface area contributed by atoms with Crippen LogP contribution in [0.15, 0.2) is 24.3 Å². The summed E-state index contributed by atoms with van der Waals surface area (Å²) in [4.78, 5) is 11.7. The first-order valence-electron chi connectivity index (χ1n) is 6.42. The van der Waals surface area contributed by atoms with Crippen LogP contribution >= 0.6 is 0 Å². The van der Waals surface area contributed by atoms with E-state index in [1.807, 2.05) is 19.1 Å². The number of ether oxygens (including phenoxy) is 1. The third-order valence-corrected chi connectivity index (χ3v) is 2.78. The smallest absolute Gasteiger partial charge is 0.314 e. The molecule has 1 rings (SSSR count). The van der Waals surface area contributed by atoms with Crippen LogP contribution in [0.3, 0.4) is 0 Å². The number of para-hydroxylation sites is 1. The van der Waals surface area contributed by atoms with Gasteiger partial charge >= 0.3 is 5.97 Å². The Morgan fingerprint density at radius 2 is 2.18 bits per heavy atom. The van der Waals surface area contributed by atoms with Crippen molar-refractivity contribution < 1.29 is 9.53 Å². The van der Waals surface area contributed by atoms with E-state index in [9.17, 15) is 4.79 Å². The minimum Gasteiger partial charge on any atom is -0.426 e. The lowest BCUT2D eigenvalue weighted by Gasteiger charge is -2.10. The fourth-order valence-corrected chi connectivity index (χ4v) is 1.64. The van der Waals surface area contributed by atoms with Gasteiger partial charge in [0.1, 0.15) is 5.75 Å². The Labute approximate surface area is 104 Å². The van der Waals surface area contributed by atoms with E-state index in [1.165, 1.54) is 19.3 Å². The van der Waals surface area contributed by atoms with E-state index < -0.39 is 0 Å². The molecule has 0 N–H and O–H groups in total. The number of hydrogen-bond acceptors (Lipinski definition) is 2. The number of hydrogen-bond donors (Lipinski definition) is 0. The van der Waals surface area contributed by atoms with E-state index in [0.717, 1.165) is 12.8 Å².